The first-order chi connectivity index (χ1) is 5.42. The SMILES string of the molecule is N#Cc1cccc2c1OCC2. The van der Waals surface area contributed by atoms with Crippen LogP contribution in [0.15, 0.2) is 18.2 Å². The summed E-state index contributed by atoms with van der Waals surface area (Å²) in [5, 5.41) is 8.67. The van der Waals surface area contributed by atoms with Gasteiger partial charge in [-0.3, -0.25) is 0 Å². The number of nitriles is 1. The number of hydrogen-bond donors (Lipinski definition) is 0. The van der Waals surface area contributed by atoms with Crippen LogP contribution in [0, 0.1) is 11.3 Å². The molecule has 0 amide bonds. The molecule has 0 fully saturated rings. The molecule has 1 aromatic rings. The predicted molar refractivity (Wildman–Crippen MR) is 40.4 cm³/mol. The second-order valence-electron chi connectivity index (χ2n) is 2.50. The highest BCUT2D eigenvalue weighted by Crippen LogP contribution is 2.28. The minimum Gasteiger partial charge on any atom is -0.492 e. The van der Waals surface area contributed by atoms with Gasteiger partial charge in [0.05, 0.1) is 12.2 Å². The lowest BCUT2D eigenvalue weighted by Crippen LogP contribution is -1.88. The lowest BCUT2D eigenvalue weighted by atomic mass is 10.1. The average Bonchev–Trinajstić information content (AvgIpc) is 2.50. The van der Waals surface area contributed by atoms with Crippen molar-refractivity contribution in [2.24, 2.45) is 0 Å². The topological polar surface area (TPSA) is 33.0 Å². The third-order valence-electron chi connectivity index (χ3n) is 1.83. The highest BCUT2D eigenvalue weighted by Gasteiger charge is 2.14. The van der Waals surface area contributed by atoms with Crippen LogP contribution in [0.4, 0.5) is 0 Å². The fourth-order valence-corrected chi connectivity index (χ4v) is 1.30. The van der Waals surface area contributed by atoms with Crippen molar-refractivity contribution in [3.63, 3.8) is 0 Å². The van der Waals surface area contributed by atoms with E-state index in [9.17, 15) is 0 Å². The normalized spacial score (nSPS) is 13.4. The molecule has 0 N–H and O–H groups in total. The molecule has 0 spiro atoms. The Bertz CT molecular complexity index is 325. The Morgan fingerprint density at radius 1 is 1.45 bits per heavy atom. The summed E-state index contributed by atoms with van der Waals surface area (Å²) in [5.41, 5.74) is 1.81. The molecule has 0 radical (unpaired) electrons. The molecule has 2 nitrogen and oxygen atoms in total. The third kappa shape index (κ3) is 0.857. The van der Waals surface area contributed by atoms with Gasteiger partial charge in [-0.2, -0.15) is 5.26 Å². The first-order valence-corrected chi connectivity index (χ1v) is 3.56. The van der Waals surface area contributed by atoms with Crippen LogP contribution in [0.25, 0.3) is 0 Å². The predicted octanol–water partition coefficient (Wildman–Crippen LogP) is 1.49. The summed E-state index contributed by atoms with van der Waals surface area (Å²) in [6.07, 6.45) is 0.935. The van der Waals surface area contributed by atoms with E-state index in [1.807, 2.05) is 12.1 Å². The lowest BCUT2D eigenvalue weighted by molar-refractivity contribution is 0.356. The Kier molecular flexibility index (Phi) is 1.29. The van der Waals surface area contributed by atoms with E-state index >= 15 is 0 Å². The molecule has 54 valence electrons. The van der Waals surface area contributed by atoms with Gasteiger partial charge in [-0.05, 0) is 11.6 Å². The number of para-hydroxylation sites is 1. The molecule has 0 bridgehead atoms. The number of hydrogen-bond acceptors (Lipinski definition) is 2. The molecule has 0 aromatic heterocycles. The third-order valence-corrected chi connectivity index (χ3v) is 1.83. The number of rotatable bonds is 0. The fourth-order valence-electron chi connectivity index (χ4n) is 1.30. The zero-order valence-corrected chi connectivity index (χ0v) is 6.00. The minimum absolute atomic E-state index is 0.653. The van der Waals surface area contributed by atoms with Gasteiger partial charge in [0.1, 0.15) is 11.8 Å². The molecular formula is C9H7NO. The number of fused-ring (bicyclic) bond motifs is 1. The summed E-state index contributed by atoms with van der Waals surface area (Å²) >= 11 is 0. The number of benzene rings is 1. The summed E-state index contributed by atoms with van der Waals surface area (Å²) in [6, 6.07) is 7.78. The first kappa shape index (κ1) is 6.23. The molecule has 11 heavy (non-hydrogen) atoms. The van der Waals surface area contributed by atoms with E-state index in [-0.39, 0.29) is 0 Å². The molecule has 2 rings (SSSR count). The quantitative estimate of drug-likeness (QED) is 0.554. The molecule has 0 unspecified atom stereocenters. The summed E-state index contributed by atoms with van der Waals surface area (Å²) in [6.45, 7) is 0.716. The van der Waals surface area contributed by atoms with Crippen molar-refractivity contribution in [2.75, 3.05) is 6.61 Å². The van der Waals surface area contributed by atoms with Gasteiger partial charge in [-0.1, -0.05) is 12.1 Å². The van der Waals surface area contributed by atoms with Crippen LogP contribution in [-0.4, -0.2) is 6.61 Å². The molecule has 1 aliphatic heterocycles. The van der Waals surface area contributed by atoms with Crippen LogP contribution < -0.4 is 4.74 Å². The maximum Gasteiger partial charge on any atom is 0.140 e. The van der Waals surface area contributed by atoms with Crippen LogP contribution in [0.2, 0.25) is 0 Å². The van der Waals surface area contributed by atoms with Gasteiger partial charge in [0.2, 0.25) is 0 Å². The molecule has 0 atom stereocenters. The Balaban J connectivity index is 2.61. The van der Waals surface area contributed by atoms with E-state index in [2.05, 4.69) is 6.07 Å². The Labute approximate surface area is 65.0 Å². The van der Waals surface area contributed by atoms with Gasteiger partial charge in [0, 0.05) is 6.42 Å². The largest absolute Gasteiger partial charge is 0.492 e. The van der Waals surface area contributed by atoms with E-state index in [4.69, 9.17) is 10.00 Å². The van der Waals surface area contributed by atoms with Gasteiger partial charge >= 0.3 is 0 Å². The highest BCUT2D eigenvalue weighted by molar-refractivity contribution is 5.50. The minimum atomic E-state index is 0.653. The van der Waals surface area contributed by atoms with Crippen molar-refractivity contribution in [1.29, 1.82) is 5.26 Å². The molecule has 0 aliphatic carbocycles. The van der Waals surface area contributed by atoms with Crippen LogP contribution in [0.5, 0.6) is 5.75 Å². The standard InChI is InChI=1S/C9H7NO/c10-6-8-3-1-2-7-4-5-11-9(7)8/h1-3H,4-5H2. The second-order valence-corrected chi connectivity index (χ2v) is 2.50. The molecule has 0 saturated carbocycles. The van der Waals surface area contributed by atoms with Crippen LogP contribution in [0.3, 0.4) is 0 Å². The zero-order valence-electron chi connectivity index (χ0n) is 6.00. The Hall–Kier alpha value is -1.49. The smallest absolute Gasteiger partial charge is 0.140 e. The van der Waals surface area contributed by atoms with Crippen LogP contribution in [0.1, 0.15) is 11.1 Å². The van der Waals surface area contributed by atoms with E-state index < -0.39 is 0 Å². The van der Waals surface area contributed by atoms with E-state index in [1.165, 1.54) is 0 Å². The molecule has 2 heteroatoms. The van der Waals surface area contributed by atoms with Gasteiger partial charge in [-0.25, -0.2) is 0 Å². The molecule has 1 aromatic carbocycles. The van der Waals surface area contributed by atoms with E-state index in [1.54, 1.807) is 6.07 Å². The van der Waals surface area contributed by atoms with Gasteiger partial charge in [0.25, 0.3) is 0 Å². The lowest BCUT2D eigenvalue weighted by Gasteiger charge is -1.98. The van der Waals surface area contributed by atoms with Crippen molar-refractivity contribution < 1.29 is 4.74 Å². The Morgan fingerprint density at radius 3 is 3.18 bits per heavy atom. The zero-order chi connectivity index (χ0) is 7.68. The molecular weight excluding hydrogens is 138 g/mol. The fraction of sp³-hybridized carbons (Fsp3) is 0.222. The van der Waals surface area contributed by atoms with Crippen molar-refractivity contribution in [1.82, 2.24) is 0 Å². The maximum absolute atomic E-state index is 8.67. The summed E-state index contributed by atoms with van der Waals surface area (Å²) in [4.78, 5) is 0. The number of ether oxygens (including phenoxy) is 1. The molecule has 1 heterocycles. The van der Waals surface area contributed by atoms with Crippen LogP contribution >= 0.6 is 0 Å². The van der Waals surface area contributed by atoms with Gasteiger partial charge in [0.15, 0.2) is 0 Å². The van der Waals surface area contributed by atoms with Crippen molar-refractivity contribution in [2.45, 2.75) is 6.42 Å². The Morgan fingerprint density at radius 2 is 2.36 bits per heavy atom. The molecule has 1 aliphatic rings. The van der Waals surface area contributed by atoms with Gasteiger partial charge < -0.3 is 4.74 Å². The van der Waals surface area contributed by atoms with E-state index in [0.717, 1.165) is 17.7 Å². The van der Waals surface area contributed by atoms with Crippen molar-refractivity contribution in [3.05, 3.63) is 29.3 Å². The van der Waals surface area contributed by atoms with Crippen molar-refractivity contribution in [3.8, 4) is 11.8 Å². The first-order valence-electron chi connectivity index (χ1n) is 3.56. The van der Waals surface area contributed by atoms with Crippen LogP contribution in [-0.2, 0) is 6.42 Å². The highest BCUT2D eigenvalue weighted by atomic mass is 16.5. The molecule has 0 saturated heterocycles. The summed E-state index contributed by atoms with van der Waals surface area (Å²) < 4.78 is 5.30. The van der Waals surface area contributed by atoms with E-state index in [0.29, 0.717) is 12.2 Å². The average molecular weight is 145 g/mol. The number of nitrogens with zero attached hydrogens (tertiary/aromatic N) is 1. The van der Waals surface area contributed by atoms with Crippen molar-refractivity contribution >= 4 is 0 Å². The summed E-state index contributed by atoms with van der Waals surface area (Å²) in [7, 11) is 0. The monoisotopic (exact) mass is 145 g/mol. The van der Waals surface area contributed by atoms with Gasteiger partial charge in [-0.15, -0.1) is 0 Å². The second kappa shape index (κ2) is 2.28. The maximum atomic E-state index is 8.67. The summed E-state index contributed by atoms with van der Waals surface area (Å²) in [5.74, 6) is 0.787.